The summed E-state index contributed by atoms with van der Waals surface area (Å²) >= 11 is 0. The van der Waals surface area contributed by atoms with Gasteiger partial charge in [-0.3, -0.25) is 4.90 Å². The van der Waals surface area contributed by atoms with Crippen molar-refractivity contribution in [3.63, 3.8) is 0 Å². The summed E-state index contributed by atoms with van der Waals surface area (Å²) in [4.78, 5) is 2.61. The molecule has 2 N–H and O–H groups in total. The fraction of sp³-hybridized carbons (Fsp3) is 0.647. The lowest BCUT2D eigenvalue weighted by atomic mass is 9.96. The normalized spacial score (nSPS) is 27.9. The Bertz CT molecular complexity index is 456. The average Bonchev–Trinajstić information content (AvgIpc) is 3.22. The highest BCUT2D eigenvalue weighted by atomic mass is 16.3. The van der Waals surface area contributed by atoms with E-state index in [0.717, 1.165) is 25.6 Å². The number of rotatable bonds is 4. The van der Waals surface area contributed by atoms with E-state index in [0.29, 0.717) is 23.8 Å². The summed E-state index contributed by atoms with van der Waals surface area (Å²) in [5, 5.41) is 13.4. The van der Waals surface area contributed by atoms with E-state index in [9.17, 15) is 5.11 Å². The number of aromatic hydroxyl groups is 1. The van der Waals surface area contributed by atoms with Crippen molar-refractivity contribution >= 4 is 0 Å². The van der Waals surface area contributed by atoms with E-state index in [2.05, 4.69) is 30.1 Å². The highest BCUT2D eigenvalue weighted by Crippen LogP contribution is 2.35. The molecular weight excluding hydrogens is 248 g/mol. The number of phenols is 1. The predicted molar refractivity (Wildman–Crippen MR) is 81.7 cm³/mol. The molecule has 110 valence electrons. The molecule has 3 heteroatoms. The van der Waals surface area contributed by atoms with Crippen LogP contribution in [0, 0.1) is 11.8 Å². The lowest BCUT2D eigenvalue weighted by Gasteiger charge is -2.42. The van der Waals surface area contributed by atoms with Gasteiger partial charge in [-0.15, -0.1) is 0 Å². The molecule has 0 spiro atoms. The zero-order valence-corrected chi connectivity index (χ0v) is 12.5. The van der Waals surface area contributed by atoms with Gasteiger partial charge in [0.2, 0.25) is 0 Å². The molecule has 2 aliphatic rings. The zero-order chi connectivity index (χ0) is 14.1. The molecule has 3 nitrogen and oxygen atoms in total. The highest BCUT2D eigenvalue weighted by molar-refractivity contribution is 5.27. The van der Waals surface area contributed by atoms with E-state index >= 15 is 0 Å². The summed E-state index contributed by atoms with van der Waals surface area (Å²) < 4.78 is 0. The first-order valence-corrected chi connectivity index (χ1v) is 7.89. The molecule has 0 radical (unpaired) electrons. The second kappa shape index (κ2) is 5.74. The van der Waals surface area contributed by atoms with Crippen molar-refractivity contribution in [1.29, 1.82) is 0 Å². The maximum absolute atomic E-state index is 9.64. The van der Waals surface area contributed by atoms with Gasteiger partial charge in [-0.1, -0.05) is 26.0 Å². The van der Waals surface area contributed by atoms with E-state index in [4.69, 9.17) is 0 Å². The molecule has 3 rings (SSSR count). The van der Waals surface area contributed by atoms with Crippen LogP contribution in [0.4, 0.5) is 0 Å². The maximum Gasteiger partial charge on any atom is 0.115 e. The molecular formula is C17H26N2O. The Balaban J connectivity index is 1.71. The molecule has 0 amide bonds. The molecule has 0 aromatic heterocycles. The number of benzene rings is 1. The zero-order valence-electron chi connectivity index (χ0n) is 12.5. The summed E-state index contributed by atoms with van der Waals surface area (Å²) in [6, 6.07) is 8.95. The van der Waals surface area contributed by atoms with Gasteiger partial charge in [0.15, 0.2) is 0 Å². The maximum atomic E-state index is 9.64. The SMILES string of the molecule is CC(C)C1CNC(C2CC2)CN1Cc1cccc(O)c1. The molecule has 2 fully saturated rings. The standard InChI is InChI=1S/C17H26N2O/c1-12(2)17-9-18-16(14-6-7-14)11-19(17)10-13-4-3-5-15(20)8-13/h3-5,8,12,14,16-18,20H,6-7,9-11H2,1-2H3. The highest BCUT2D eigenvalue weighted by Gasteiger charge is 2.37. The molecule has 20 heavy (non-hydrogen) atoms. The first kappa shape index (κ1) is 13.9. The van der Waals surface area contributed by atoms with Gasteiger partial charge in [-0.25, -0.2) is 0 Å². The second-order valence-corrected chi connectivity index (χ2v) is 6.76. The van der Waals surface area contributed by atoms with E-state index < -0.39 is 0 Å². The fourth-order valence-electron chi connectivity index (χ4n) is 3.40. The Kier molecular flexibility index (Phi) is 3.99. The minimum atomic E-state index is 0.373. The summed E-state index contributed by atoms with van der Waals surface area (Å²) in [5.41, 5.74) is 1.21. The van der Waals surface area contributed by atoms with Crippen molar-refractivity contribution in [3.8, 4) is 5.75 Å². The lowest BCUT2D eigenvalue weighted by Crippen LogP contribution is -2.58. The van der Waals surface area contributed by atoms with Gasteiger partial charge in [-0.2, -0.15) is 0 Å². The number of nitrogens with one attached hydrogen (secondary N) is 1. The van der Waals surface area contributed by atoms with Crippen molar-refractivity contribution < 1.29 is 5.11 Å². The number of hydrogen-bond acceptors (Lipinski definition) is 3. The molecule has 0 bridgehead atoms. The van der Waals surface area contributed by atoms with Crippen molar-refractivity contribution in [1.82, 2.24) is 10.2 Å². The Morgan fingerprint density at radius 1 is 1.35 bits per heavy atom. The quantitative estimate of drug-likeness (QED) is 0.886. The number of nitrogens with zero attached hydrogens (tertiary/aromatic N) is 1. The van der Waals surface area contributed by atoms with Crippen LogP contribution in [-0.2, 0) is 6.54 Å². The van der Waals surface area contributed by atoms with Crippen LogP contribution in [0.5, 0.6) is 5.75 Å². The fourth-order valence-corrected chi connectivity index (χ4v) is 3.40. The predicted octanol–water partition coefficient (Wildman–Crippen LogP) is 2.60. The van der Waals surface area contributed by atoms with Gasteiger partial charge in [0, 0.05) is 31.7 Å². The van der Waals surface area contributed by atoms with Crippen molar-refractivity contribution in [2.75, 3.05) is 13.1 Å². The minimum absolute atomic E-state index is 0.373. The van der Waals surface area contributed by atoms with Crippen LogP contribution in [-0.4, -0.2) is 35.2 Å². The van der Waals surface area contributed by atoms with Gasteiger partial charge < -0.3 is 10.4 Å². The lowest BCUT2D eigenvalue weighted by molar-refractivity contribution is 0.0852. The van der Waals surface area contributed by atoms with Gasteiger partial charge in [-0.05, 0) is 42.4 Å². The third kappa shape index (κ3) is 3.15. The van der Waals surface area contributed by atoms with Crippen molar-refractivity contribution in [3.05, 3.63) is 29.8 Å². The smallest absolute Gasteiger partial charge is 0.115 e. The third-order valence-corrected chi connectivity index (χ3v) is 4.75. The molecule has 1 heterocycles. The first-order valence-electron chi connectivity index (χ1n) is 7.89. The van der Waals surface area contributed by atoms with Gasteiger partial charge >= 0.3 is 0 Å². The van der Waals surface area contributed by atoms with Gasteiger partial charge in [0.1, 0.15) is 5.75 Å². The minimum Gasteiger partial charge on any atom is -0.508 e. The van der Waals surface area contributed by atoms with E-state index in [1.807, 2.05) is 12.1 Å². The van der Waals surface area contributed by atoms with Gasteiger partial charge in [0.05, 0.1) is 0 Å². The average molecular weight is 274 g/mol. The van der Waals surface area contributed by atoms with Crippen LogP contribution in [0.3, 0.4) is 0 Å². The van der Waals surface area contributed by atoms with Gasteiger partial charge in [0.25, 0.3) is 0 Å². The van der Waals surface area contributed by atoms with E-state index in [-0.39, 0.29) is 0 Å². The monoisotopic (exact) mass is 274 g/mol. The van der Waals surface area contributed by atoms with Crippen LogP contribution in [0.2, 0.25) is 0 Å². The van der Waals surface area contributed by atoms with Crippen LogP contribution in [0.25, 0.3) is 0 Å². The molecule has 1 aliphatic heterocycles. The third-order valence-electron chi connectivity index (χ3n) is 4.75. The van der Waals surface area contributed by atoms with Crippen LogP contribution in [0.1, 0.15) is 32.3 Å². The Labute approximate surface area is 122 Å². The van der Waals surface area contributed by atoms with E-state index in [1.165, 1.54) is 18.4 Å². The largest absolute Gasteiger partial charge is 0.508 e. The van der Waals surface area contributed by atoms with Crippen molar-refractivity contribution in [2.24, 2.45) is 11.8 Å². The topological polar surface area (TPSA) is 35.5 Å². The Hall–Kier alpha value is -1.06. The summed E-state index contributed by atoms with van der Waals surface area (Å²) in [6.07, 6.45) is 2.79. The van der Waals surface area contributed by atoms with E-state index in [1.54, 1.807) is 6.07 Å². The molecule has 1 aliphatic carbocycles. The summed E-state index contributed by atoms with van der Waals surface area (Å²) in [7, 11) is 0. The van der Waals surface area contributed by atoms with Crippen LogP contribution in [0.15, 0.2) is 24.3 Å². The number of phenolic OH excluding ortho intramolecular Hbond substituents is 1. The Morgan fingerprint density at radius 3 is 2.80 bits per heavy atom. The van der Waals surface area contributed by atoms with Crippen molar-refractivity contribution in [2.45, 2.75) is 45.3 Å². The molecule has 1 saturated heterocycles. The van der Waals surface area contributed by atoms with Crippen LogP contribution >= 0.6 is 0 Å². The van der Waals surface area contributed by atoms with Crippen LogP contribution < -0.4 is 5.32 Å². The second-order valence-electron chi connectivity index (χ2n) is 6.76. The Morgan fingerprint density at radius 2 is 2.15 bits per heavy atom. The number of hydrogen-bond donors (Lipinski definition) is 2. The molecule has 1 aromatic rings. The molecule has 2 unspecified atom stereocenters. The summed E-state index contributed by atoms with van der Waals surface area (Å²) in [5.74, 6) is 1.92. The first-order chi connectivity index (χ1) is 9.63. The number of piperazine rings is 1. The molecule has 1 aromatic carbocycles. The molecule has 1 saturated carbocycles. The summed E-state index contributed by atoms with van der Waals surface area (Å²) in [6.45, 7) is 7.79. The molecule has 2 atom stereocenters.